The molecule has 32 heavy (non-hydrogen) atoms. The van der Waals surface area contributed by atoms with Crippen LogP contribution < -0.4 is 15.7 Å². The van der Waals surface area contributed by atoms with Gasteiger partial charge in [-0.2, -0.15) is 5.10 Å². The number of carbonyl (C=O) groups is 1. The zero-order chi connectivity index (χ0) is 22.3. The normalized spacial score (nSPS) is 11.0. The fraction of sp³-hybridized carbons (Fsp3) is 0.0833. The van der Waals surface area contributed by atoms with E-state index in [2.05, 4.69) is 15.5 Å². The van der Waals surface area contributed by atoms with Crippen LogP contribution in [0.25, 0.3) is 16.6 Å². The van der Waals surface area contributed by atoms with Crippen LogP contribution >= 0.6 is 11.8 Å². The van der Waals surface area contributed by atoms with Crippen LogP contribution in [0.1, 0.15) is 5.56 Å². The minimum atomic E-state index is -0.309. The monoisotopic (exact) mass is 444 g/mol. The third-order valence-corrected chi connectivity index (χ3v) is 5.53. The number of methoxy groups -OCH3 is 1. The van der Waals surface area contributed by atoms with Gasteiger partial charge < -0.3 is 4.74 Å². The highest BCUT2D eigenvalue weighted by Gasteiger charge is 2.14. The average molecular weight is 445 g/mol. The molecule has 0 aliphatic carbocycles. The van der Waals surface area contributed by atoms with Gasteiger partial charge in [-0.1, -0.05) is 54.2 Å². The van der Waals surface area contributed by atoms with Gasteiger partial charge in [0.15, 0.2) is 5.16 Å². The molecule has 1 N–H and O–H groups in total. The average Bonchev–Trinajstić information content (AvgIpc) is 2.83. The van der Waals surface area contributed by atoms with Gasteiger partial charge >= 0.3 is 0 Å². The number of aromatic nitrogens is 2. The van der Waals surface area contributed by atoms with Crippen molar-refractivity contribution in [2.45, 2.75) is 5.16 Å². The number of fused-ring (bicyclic) bond motifs is 1. The number of rotatable bonds is 7. The van der Waals surface area contributed by atoms with Crippen LogP contribution in [-0.2, 0) is 4.79 Å². The van der Waals surface area contributed by atoms with E-state index in [0.717, 1.165) is 5.56 Å². The van der Waals surface area contributed by atoms with Gasteiger partial charge in [0.2, 0.25) is 0 Å². The Morgan fingerprint density at radius 2 is 1.88 bits per heavy atom. The maximum Gasteiger partial charge on any atom is 0.266 e. The molecule has 0 aliphatic rings. The number of hydrogen-bond acceptors (Lipinski definition) is 6. The standard InChI is InChI=1S/C24H20N4O3S/c1-31-19-11-7-8-17(14-19)15-25-27-22(29)16-32-24-26-21-13-6-5-12-20(21)23(30)28(24)18-9-3-2-4-10-18/h2-15H,16H2,1H3,(H,27,29)/b25-15+. The molecule has 3 aromatic carbocycles. The summed E-state index contributed by atoms with van der Waals surface area (Å²) in [4.78, 5) is 30.1. The van der Waals surface area contributed by atoms with Crippen LogP contribution in [0.4, 0.5) is 0 Å². The summed E-state index contributed by atoms with van der Waals surface area (Å²) in [7, 11) is 1.59. The molecule has 1 aromatic heterocycles. The van der Waals surface area contributed by atoms with Crippen LogP contribution in [0.2, 0.25) is 0 Å². The number of amides is 1. The van der Waals surface area contributed by atoms with Crippen molar-refractivity contribution in [1.82, 2.24) is 15.0 Å². The van der Waals surface area contributed by atoms with Gasteiger partial charge in [-0.25, -0.2) is 10.4 Å². The van der Waals surface area contributed by atoms with Crippen LogP contribution in [0.3, 0.4) is 0 Å². The van der Waals surface area contributed by atoms with Crippen molar-refractivity contribution in [3.63, 3.8) is 0 Å². The molecule has 0 bridgehead atoms. The first-order valence-electron chi connectivity index (χ1n) is 9.81. The predicted molar refractivity (Wildman–Crippen MR) is 127 cm³/mol. The van der Waals surface area contributed by atoms with Crippen LogP contribution in [-0.4, -0.2) is 34.5 Å². The molecule has 0 saturated carbocycles. The number of hydrogen-bond donors (Lipinski definition) is 1. The molecular weight excluding hydrogens is 424 g/mol. The minimum absolute atomic E-state index is 0.0487. The van der Waals surface area contributed by atoms with Crippen LogP contribution in [0, 0.1) is 0 Å². The lowest BCUT2D eigenvalue weighted by Gasteiger charge is -2.12. The van der Waals surface area contributed by atoms with E-state index in [-0.39, 0.29) is 17.2 Å². The summed E-state index contributed by atoms with van der Waals surface area (Å²) in [5.41, 5.74) is 4.40. The van der Waals surface area contributed by atoms with Crippen molar-refractivity contribution in [3.8, 4) is 11.4 Å². The molecular formula is C24H20N4O3S. The smallest absolute Gasteiger partial charge is 0.266 e. The maximum absolute atomic E-state index is 13.2. The molecule has 4 aromatic rings. The fourth-order valence-corrected chi connectivity index (χ4v) is 3.88. The van der Waals surface area contributed by atoms with Crippen molar-refractivity contribution in [2.24, 2.45) is 5.10 Å². The summed E-state index contributed by atoms with van der Waals surface area (Å²) >= 11 is 1.18. The second-order valence-electron chi connectivity index (χ2n) is 6.75. The molecule has 0 saturated heterocycles. The van der Waals surface area contributed by atoms with E-state index in [4.69, 9.17) is 4.74 Å². The summed E-state index contributed by atoms with van der Waals surface area (Å²) in [6, 6.07) is 23.7. The number of ether oxygens (including phenoxy) is 1. The van der Waals surface area contributed by atoms with Crippen molar-refractivity contribution in [2.75, 3.05) is 12.9 Å². The molecule has 0 aliphatic heterocycles. The van der Waals surface area contributed by atoms with E-state index in [1.165, 1.54) is 16.3 Å². The van der Waals surface area contributed by atoms with E-state index in [0.29, 0.717) is 27.5 Å². The molecule has 160 valence electrons. The number of benzene rings is 3. The number of para-hydroxylation sites is 2. The second kappa shape index (κ2) is 9.93. The number of nitrogens with zero attached hydrogens (tertiary/aromatic N) is 3. The van der Waals surface area contributed by atoms with E-state index < -0.39 is 0 Å². The maximum atomic E-state index is 13.2. The zero-order valence-electron chi connectivity index (χ0n) is 17.3. The number of thioether (sulfide) groups is 1. The van der Waals surface area contributed by atoms with E-state index in [1.807, 2.05) is 60.7 Å². The second-order valence-corrected chi connectivity index (χ2v) is 7.69. The number of nitrogens with one attached hydrogen (secondary N) is 1. The lowest BCUT2D eigenvalue weighted by molar-refractivity contribution is -0.118. The Morgan fingerprint density at radius 3 is 2.69 bits per heavy atom. The van der Waals surface area contributed by atoms with Gasteiger partial charge in [0.05, 0.1) is 35.7 Å². The quantitative estimate of drug-likeness (QED) is 0.204. The highest BCUT2D eigenvalue weighted by Crippen LogP contribution is 2.21. The Labute approximate surface area is 188 Å². The lowest BCUT2D eigenvalue weighted by atomic mass is 10.2. The molecule has 8 heteroatoms. The van der Waals surface area contributed by atoms with Crippen molar-refractivity contribution in [1.29, 1.82) is 0 Å². The third-order valence-electron chi connectivity index (χ3n) is 4.59. The van der Waals surface area contributed by atoms with E-state index in [9.17, 15) is 9.59 Å². The van der Waals surface area contributed by atoms with Gasteiger partial charge in [-0.05, 0) is 42.0 Å². The minimum Gasteiger partial charge on any atom is -0.497 e. The Bertz CT molecular complexity index is 1340. The SMILES string of the molecule is COc1cccc(/C=N/NC(=O)CSc2nc3ccccc3c(=O)n2-c2ccccc2)c1. The fourth-order valence-electron chi connectivity index (χ4n) is 3.08. The molecule has 0 spiro atoms. The van der Waals surface area contributed by atoms with Gasteiger partial charge in [-0.15, -0.1) is 0 Å². The van der Waals surface area contributed by atoms with E-state index >= 15 is 0 Å². The topological polar surface area (TPSA) is 85.6 Å². The Morgan fingerprint density at radius 1 is 1.09 bits per heavy atom. The van der Waals surface area contributed by atoms with Gasteiger partial charge in [0.1, 0.15) is 5.75 Å². The van der Waals surface area contributed by atoms with Crippen LogP contribution in [0.15, 0.2) is 93.9 Å². The molecule has 0 atom stereocenters. The highest BCUT2D eigenvalue weighted by atomic mass is 32.2. The first-order valence-corrected chi connectivity index (χ1v) is 10.8. The molecule has 1 amide bonds. The van der Waals surface area contributed by atoms with Gasteiger partial charge in [-0.3, -0.25) is 14.2 Å². The number of carbonyl (C=O) groups excluding carboxylic acids is 1. The van der Waals surface area contributed by atoms with Crippen molar-refractivity contribution >= 4 is 34.8 Å². The molecule has 0 radical (unpaired) electrons. The molecule has 7 nitrogen and oxygen atoms in total. The van der Waals surface area contributed by atoms with E-state index in [1.54, 1.807) is 31.5 Å². The Hall–Kier alpha value is -3.91. The number of hydrazone groups is 1. The van der Waals surface area contributed by atoms with Gasteiger partial charge in [0, 0.05) is 0 Å². The largest absolute Gasteiger partial charge is 0.497 e. The van der Waals surface area contributed by atoms with Crippen LogP contribution in [0.5, 0.6) is 5.75 Å². The molecule has 0 unspecified atom stereocenters. The first kappa shape index (κ1) is 21.3. The van der Waals surface area contributed by atoms with Crippen molar-refractivity contribution in [3.05, 3.63) is 94.8 Å². The first-order chi connectivity index (χ1) is 15.7. The molecule has 1 heterocycles. The van der Waals surface area contributed by atoms with Crippen molar-refractivity contribution < 1.29 is 9.53 Å². The summed E-state index contributed by atoms with van der Waals surface area (Å²) in [6.45, 7) is 0. The zero-order valence-corrected chi connectivity index (χ0v) is 18.1. The molecule has 0 fully saturated rings. The summed E-state index contributed by atoms with van der Waals surface area (Å²) in [5.74, 6) is 0.445. The summed E-state index contributed by atoms with van der Waals surface area (Å²) < 4.78 is 6.70. The highest BCUT2D eigenvalue weighted by molar-refractivity contribution is 7.99. The van der Waals surface area contributed by atoms with Gasteiger partial charge in [0.25, 0.3) is 11.5 Å². The summed E-state index contributed by atoms with van der Waals surface area (Å²) in [5, 5.41) is 4.95. The third kappa shape index (κ3) is 4.87. The Balaban J connectivity index is 1.53. The predicted octanol–water partition coefficient (Wildman–Crippen LogP) is 3.64. The summed E-state index contributed by atoms with van der Waals surface area (Å²) in [6.07, 6.45) is 1.54. The Kier molecular flexibility index (Phi) is 6.62. The molecule has 4 rings (SSSR count). The lowest BCUT2D eigenvalue weighted by Crippen LogP contribution is -2.24.